The molecule has 7 heteroatoms. The monoisotopic (exact) mass is 432 g/mol. The molecule has 0 spiro atoms. The number of carbonyl (C=O) groups excluding carboxylic acids is 1. The zero-order valence-corrected chi connectivity index (χ0v) is 18.9. The second-order valence-electron chi connectivity index (χ2n) is 7.54. The number of nitrogens with zero attached hydrogens (tertiary/aromatic N) is 4. The van der Waals surface area contributed by atoms with Gasteiger partial charge in [-0.25, -0.2) is 4.68 Å². The van der Waals surface area contributed by atoms with E-state index in [9.17, 15) is 4.79 Å². The van der Waals surface area contributed by atoms with Crippen LogP contribution in [0.5, 0.6) is 0 Å². The maximum absolute atomic E-state index is 12.4. The summed E-state index contributed by atoms with van der Waals surface area (Å²) in [6.07, 6.45) is 4.96. The third kappa shape index (κ3) is 7.27. The first-order chi connectivity index (χ1) is 15.7. The summed E-state index contributed by atoms with van der Waals surface area (Å²) >= 11 is 0. The van der Waals surface area contributed by atoms with E-state index in [0.717, 1.165) is 36.7 Å². The van der Waals surface area contributed by atoms with Gasteiger partial charge in [-0.3, -0.25) is 9.79 Å². The highest BCUT2D eigenvalue weighted by Crippen LogP contribution is 2.09. The third-order valence-corrected chi connectivity index (χ3v) is 5.04. The number of nitrogens with one attached hydrogen (secondary N) is 2. The average Bonchev–Trinajstić information content (AvgIpc) is 3.35. The molecule has 0 fully saturated rings. The third-order valence-electron chi connectivity index (χ3n) is 5.04. The van der Waals surface area contributed by atoms with Gasteiger partial charge in [0, 0.05) is 45.5 Å². The highest BCUT2D eigenvalue weighted by molar-refractivity contribution is 5.80. The van der Waals surface area contributed by atoms with E-state index in [0.29, 0.717) is 19.5 Å². The zero-order valence-electron chi connectivity index (χ0n) is 18.9. The highest BCUT2D eigenvalue weighted by atomic mass is 16.2. The number of hydrogen-bond donors (Lipinski definition) is 2. The molecule has 1 aromatic heterocycles. The minimum absolute atomic E-state index is 0.0886. The maximum Gasteiger partial charge on any atom is 0.224 e. The molecule has 3 aromatic rings. The van der Waals surface area contributed by atoms with E-state index < -0.39 is 0 Å². The lowest BCUT2D eigenvalue weighted by atomic mass is 10.1. The molecule has 0 radical (unpaired) electrons. The van der Waals surface area contributed by atoms with Crippen LogP contribution in [-0.2, 0) is 17.8 Å². The van der Waals surface area contributed by atoms with E-state index in [2.05, 4.69) is 45.0 Å². The molecule has 0 saturated carbocycles. The predicted octanol–water partition coefficient (Wildman–Crippen LogP) is 3.02. The molecule has 2 aromatic carbocycles. The lowest BCUT2D eigenvalue weighted by Crippen LogP contribution is -2.38. The highest BCUT2D eigenvalue weighted by Gasteiger charge is 2.09. The zero-order chi connectivity index (χ0) is 22.6. The summed E-state index contributed by atoms with van der Waals surface area (Å²) in [7, 11) is 1.83. The standard InChI is InChI=1S/C25H32N6O/c1-3-26-25(28-18-15-24(32)30(2)20-22-8-5-4-6-9-22)27-17-14-21-10-12-23(13-11-21)31-19-7-16-29-31/h4-13,16,19H,3,14-15,17-18,20H2,1-2H3,(H2,26,27,28). The van der Waals surface area contributed by atoms with Gasteiger partial charge in [0.1, 0.15) is 0 Å². The smallest absolute Gasteiger partial charge is 0.224 e. The number of guanidine groups is 1. The summed E-state index contributed by atoms with van der Waals surface area (Å²) in [4.78, 5) is 18.7. The fourth-order valence-electron chi connectivity index (χ4n) is 3.30. The second-order valence-corrected chi connectivity index (χ2v) is 7.54. The number of hydrogen-bond acceptors (Lipinski definition) is 3. The maximum atomic E-state index is 12.4. The van der Waals surface area contributed by atoms with Crippen LogP contribution in [0.3, 0.4) is 0 Å². The molecule has 7 nitrogen and oxygen atoms in total. The van der Waals surface area contributed by atoms with Crippen molar-refractivity contribution < 1.29 is 4.79 Å². The SMILES string of the molecule is CCNC(=NCCC(=O)N(C)Cc1ccccc1)NCCc1ccc(-n2cccn2)cc1. The molecule has 0 unspecified atom stereocenters. The number of carbonyl (C=O) groups is 1. The Bertz CT molecular complexity index is 967. The van der Waals surface area contributed by atoms with Gasteiger partial charge in [0.2, 0.25) is 5.91 Å². The van der Waals surface area contributed by atoms with Crippen LogP contribution in [0.4, 0.5) is 0 Å². The number of amides is 1. The molecule has 0 aliphatic carbocycles. The largest absolute Gasteiger partial charge is 0.357 e. The van der Waals surface area contributed by atoms with Crippen molar-refractivity contribution in [3.8, 4) is 5.69 Å². The average molecular weight is 433 g/mol. The Morgan fingerprint density at radius 1 is 1.03 bits per heavy atom. The minimum Gasteiger partial charge on any atom is -0.357 e. The Morgan fingerprint density at radius 3 is 2.50 bits per heavy atom. The normalized spacial score (nSPS) is 11.2. The molecule has 1 amide bonds. The summed E-state index contributed by atoms with van der Waals surface area (Å²) in [6.45, 7) is 4.62. The van der Waals surface area contributed by atoms with E-state index >= 15 is 0 Å². The van der Waals surface area contributed by atoms with E-state index in [-0.39, 0.29) is 5.91 Å². The first-order valence-electron chi connectivity index (χ1n) is 11.0. The van der Waals surface area contributed by atoms with Gasteiger partial charge in [-0.05, 0) is 42.7 Å². The van der Waals surface area contributed by atoms with Crippen LogP contribution in [0.25, 0.3) is 5.69 Å². The van der Waals surface area contributed by atoms with Crippen molar-refractivity contribution in [3.05, 3.63) is 84.2 Å². The molecule has 0 atom stereocenters. The van der Waals surface area contributed by atoms with Gasteiger partial charge in [-0.15, -0.1) is 0 Å². The summed E-state index contributed by atoms with van der Waals surface area (Å²) in [6, 6.07) is 20.3. The van der Waals surface area contributed by atoms with E-state index in [1.807, 2.05) is 61.2 Å². The summed E-state index contributed by atoms with van der Waals surface area (Å²) < 4.78 is 1.84. The molecule has 168 valence electrons. The van der Waals surface area contributed by atoms with E-state index in [1.54, 1.807) is 11.1 Å². The fourth-order valence-corrected chi connectivity index (χ4v) is 3.30. The van der Waals surface area contributed by atoms with Crippen LogP contribution in [0.15, 0.2) is 78.0 Å². The molecule has 0 bridgehead atoms. The van der Waals surface area contributed by atoms with Crippen molar-refractivity contribution in [3.63, 3.8) is 0 Å². The Morgan fingerprint density at radius 2 is 1.81 bits per heavy atom. The molecule has 3 rings (SSSR count). The molecule has 1 heterocycles. The fraction of sp³-hybridized carbons (Fsp3) is 0.320. The molecular weight excluding hydrogens is 400 g/mol. The Balaban J connectivity index is 1.42. The van der Waals surface area contributed by atoms with Crippen LogP contribution in [0.1, 0.15) is 24.5 Å². The van der Waals surface area contributed by atoms with Crippen LogP contribution in [0.2, 0.25) is 0 Å². The molecule has 0 saturated heterocycles. The van der Waals surface area contributed by atoms with Crippen LogP contribution < -0.4 is 10.6 Å². The van der Waals surface area contributed by atoms with Gasteiger partial charge < -0.3 is 15.5 Å². The van der Waals surface area contributed by atoms with E-state index in [1.165, 1.54) is 5.56 Å². The number of benzene rings is 2. The van der Waals surface area contributed by atoms with Gasteiger partial charge >= 0.3 is 0 Å². The Kier molecular flexibility index (Phi) is 8.86. The van der Waals surface area contributed by atoms with Crippen molar-refractivity contribution in [2.45, 2.75) is 26.3 Å². The van der Waals surface area contributed by atoms with Gasteiger partial charge in [-0.1, -0.05) is 42.5 Å². The Labute approximate surface area is 190 Å². The van der Waals surface area contributed by atoms with Gasteiger partial charge in [-0.2, -0.15) is 5.10 Å². The second kappa shape index (κ2) is 12.3. The number of aliphatic imine (C=N–C) groups is 1. The van der Waals surface area contributed by atoms with E-state index in [4.69, 9.17) is 0 Å². The van der Waals surface area contributed by atoms with Crippen LogP contribution in [0, 0.1) is 0 Å². The molecule has 32 heavy (non-hydrogen) atoms. The van der Waals surface area contributed by atoms with Crippen molar-refractivity contribution >= 4 is 11.9 Å². The van der Waals surface area contributed by atoms with Crippen LogP contribution >= 0.6 is 0 Å². The van der Waals surface area contributed by atoms with Gasteiger partial charge in [0.05, 0.1) is 12.2 Å². The molecule has 2 N–H and O–H groups in total. The quantitative estimate of drug-likeness (QED) is 0.382. The minimum atomic E-state index is 0.0886. The molecule has 0 aliphatic heterocycles. The summed E-state index contributed by atoms with van der Waals surface area (Å²) in [5, 5.41) is 10.8. The lowest BCUT2D eigenvalue weighted by Gasteiger charge is -2.17. The topological polar surface area (TPSA) is 74.6 Å². The van der Waals surface area contributed by atoms with Gasteiger partial charge in [0.25, 0.3) is 0 Å². The predicted molar refractivity (Wildman–Crippen MR) is 129 cm³/mol. The summed E-state index contributed by atoms with van der Waals surface area (Å²) in [5.41, 5.74) is 3.41. The Hall–Kier alpha value is -3.61. The van der Waals surface area contributed by atoms with Crippen LogP contribution in [-0.4, -0.2) is 53.2 Å². The van der Waals surface area contributed by atoms with Gasteiger partial charge in [0.15, 0.2) is 5.96 Å². The van der Waals surface area contributed by atoms with Crippen molar-refractivity contribution in [2.75, 3.05) is 26.7 Å². The molecule has 0 aliphatic rings. The van der Waals surface area contributed by atoms with Crippen molar-refractivity contribution in [1.29, 1.82) is 0 Å². The lowest BCUT2D eigenvalue weighted by molar-refractivity contribution is -0.130. The van der Waals surface area contributed by atoms with Crippen molar-refractivity contribution in [2.24, 2.45) is 4.99 Å². The first kappa shape index (κ1) is 23.1. The summed E-state index contributed by atoms with van der Waals surface area (Å²) in [5.74, 6) is 0.824. The van der Waals surface area contributed by atoms with Crippen molar-refractivity contribution in [1.82, 2.24) is 25.3 Å². The first-order valence-corrected chi connectivity index (χ1v) is 11.0. The number of rotatable bonds is 10. The molecular formula is C25H32N6O. The number of aromatic nitrogens is 2.